The van der Waals surface area contributed by atoms with E-state index >= 15 is 0 Å². The van der Waals surface area contributed by atoms with Gasteiger partial charge >= 0.3 is 0 Å². The Morgan fingerprint density at radius 3 is 2.92 bits per heavy atom. The van der Waals surface area contributed by atoms with Crippen molar-refractivity contribution < 1.29 is 4.79 Å². The molecule has 12 heavy (non-hydrogen) atoms. The average Bonchev–Trinajstić information content (AvgIpc) is 2.47. The third kappa shape index (κ3) is 1.22. The number of hydrogen-bond acceptors (Lipinski definition) is 2. The molecule has 0 aliphatic carbocycles. The molecular formula is C9H16N2O. The van der Waals surface area contributed by atoms with E-state index in [1.165, 1.54) is 12.8 Å². The second-order valence-electron chi connectivity index (χ2n) is 4.05. The van der Waals surface area contributed by atoms with Gasteiger partial charge in [0, 0.05) is 25.6 Å². The Morgan fingerprint density at radius 1 is 1.50 bits per heavy atom. The van der Waals surface area contributed by atoms with Crippen molar-refractivity contribution in [2.45, 2.75) is 31.2 Å². The van der Waals surface area contributed by atoms with Gasteiger partial charge in [-0.05, 0) is 25.8 Å². The molecule has 0 saturated carbocycles. The van der Waals surface area contributed by atoms with Gasteiger partial charge in [-0.25, -0.2) is 0 Å². The minimum absolute atomic E-state index is 0.184. The zero-order valence-electron chi connectivity index (χ0n) is 7.60. The molecule has 0 aromatic heterocycles. The number of carbonyl (C=O) groups is 1. The molecule has 0 bridgehead atoms. The molecular weight excluding hydrogens is 152 g/mol. The number of rotatable bonds is 0. The minimum atomic E-state index is 0.184. The van der Waals surface area contributed by atoms with E-state index in [1.807, 2.05) is 11.9 Å². The number of amides is 1. The predicted octanol–water partition coefficient (Wildman–Crippen LogP) is 0.361. The van der Waals surface area contributed by atoms with Crippen LogP contribution in [0.25, 0.3) is 0 Å². The summed E-state index contributed by atoms with van der Waals surface area (Å²) in [5, 5.41) is 3.48. The van der Waals surface area contributed by atoms with Crippen LogP contribution in [0.2, 0.25) is 0 Å². The van der Waals surface area contributed by atoms with E-state index in [4.69, 9.17) is 0 Å². The number of nitrogens with one attached hydrogen (secondary N) is 1. The van der Waals surface area contributed by atoms with Crippen LogP contribution < -0.4 is 5.32 Å². The highest BCUT2D eigenvalue weighted by Gasteiger charge is 2.39. The molecule has 0 aromatic rings. The van der Waals surface area contributed by atoms with Crippen molar-refractivity contribution in [2.24, 2.45) is 0 Å². The lowest BCUT2D eigenvalue weighted by Crippen LogP contribution is -2.51. The fraction of sp³-hybridized carbons (Fsp3) is 0.889. The zero-order chi connectivity index (χ0) is 8.60. The van der Waals surface area contributed by atoms with E-state index in [2.05, 4.69) is 5.32 Å². The molecule has 0 aromatic carbocycles. The van der Waals surface area contributed by atoms with Crippen LogP contribution in [0.15, 0.2) is 0 Å². The van der Waals surface area contributed by atoms with Crippen molar-refractivity contribution in [1.82, 2.24) is 10.2 Å². The lowest BCUT2D eigenvalue weighted by molar-refractivity contribution is -0.134. The highest BCUT2D eigenvalue weighted by molar-refractivity contribution is 5.78. The molecule has 2 aliphatic heterocycles. The molecule has 2 saturated heterocycles. The Labute approximate surface area is 73.1 Å². The van der Waals surface area contributed by atoms with Gasteiger partial charge in [0.25, 0.3) is 0 Å². The number of carbonyl (C=O) groups excluding carboxylic acids is 1. The molecule has 68 valence electrons. The summed E-state index contributed by atoms with van der Waals surface area (Å²) < 4.78 is 0. The average molecular weight is 168 g/mol. The third-order valence-corrected chi connectivity index (χ3v) is 3.17. The summed E-state index contributed by atoms with van der Waals surface area (Å²) in [5.74, 6) is 0.302. The summed E-state index contributed by atoms with van der Waals surface area (Å²) in [4.78, 5) is 13.3. The van der Waals surface area contributed by atoms with Gasteiger partial charge in [-0.1, -0.05) is 0 Å². The van der Waals surface area contributed by atoms with E-state index in [9.17, 15) is 4.79 Å². The van der Waals surface area contributed by atoms with E-state index < -0.39 is 0 Å². The Kier molecular flexibility index (Phi) is 1.83. The van der Waals surface area contributed by atoms with Crippen molar-refractivity contribution in [3.63, 3.8) is 0 Å². The van der Waals surface area contributed by atoms with Gasteiger partial charge in [-0.15, -0.1) is 0 Å². The van der Waals surface area contributed by atoms with E-state index in [1.54, 1.807) is 0 Å². The number of hydrogen-bond donors (Lipinski definition) is 1. The molecule has 1 N–H and O–H groups in total. The molecule has 1 spiro atoms. The maximum atomic E-state index is 11.4. The maximum Gasteiger partial charge on any atom is 0.224 e. The molecule has 2 heterocycles. The first-order chi connectivity index (χ1) is 5.72. The fourth-order valence-electron chi connectivity index (χ4n) is 2.25. The van der Waals surface area contributed by atoms with Crippen LogP contribution in [0.4, 0.5) is 0 Å². The smallest absolute Gasteiger partial charge is 0.224 e. The van der Waals surface area contributed by atoms with E-state index in [-0.39, 0.29) is 5.54 Å². The fourth-order valence-corrected chi connectivity index (χ4v) is 2.25. The van der Waals surface area contributed by atoms with Gasteiger partial charge < -0.3 is 10.2 Å². The van der Waals surface area contributed by atoms with E-state index in [0.29, 0.717) is 12.3 Å². The summed E-state index contributed by atoms with van der Waals surface area (Å²) in [6, 6.07) is 0. The number of nitrogens with zero attached hydrogens (tertiary/aromatic N) is 1. The van der Waals surface area contributed by atoms with Crippen molar-refractivity contribution in [1.29, 1.82) is 0 Å². The Bertz CT molecular complexity index is 197. The van der Waals surface area contributed by atoms with Gasteiger partial charge in [0.05, 0.1) is 0 Å². The van der Waals surface area contributed by atoms with Gasteiger partial charge in [0.1, 0.15) is 0 Å². The normalized spacial score (nSPS) is 36.4. The van der Waals surface area contributed by atoms with E-state index in [0.717, 1.165) is 19.5 Å². The summed E-state index contributed by atoms with van der Waals surface area (Å²) in [6.07, 6.45) is 4.27. The van der Waals surface area contributed by atoms with Crippen LogP contribution >= 0.6 is 0 Å². The van der Waals surface area contributed by atoms with Crippen molar-refractivity contribution in [3.8, 4) is 0 Å². The summed E-state index contributed by atoms with van der Waals surface area (Å²) in [6.45, 7) is 2.02. The highest BCUT2D eigenvalue weighted by atomic mass is 16.2. The van der Waals surface area contributed by atoms with Gasteiger partial charge in [0.15, 0.2) is 0 Å². The first kappa shape index (κ1) is 8.05. The molecule has 3 nitrogen and oxygen atoms in total. The van der Waals surface area contributed by atoms with Crippen molar-refractivity contribution >= 4 is 5.91 Å². The summed E-state index contributed by atoms with van der Waals surface area (Å²) >= 11 is 0. The van der Waals surface area contributed by atoms with Crippen LogP contribution in [0, 0.1) is 0 Å². The second kappa shape index (κ2) is 2.73. The molecule has 2 aliphatic rings. The van der Waals surface area contributed by atoms with Crippen molar-refractivity contribution in [3.05, 3.63) is 0 Å². The topological polar surface area (TPSA) is 32.3 Å². The molecule has 2 fully saturated rings. The summed E-state index contributed by atoms with van der Waals surface area (Å²) in [5.41, 5.74) is 0.184. The Hall–Kier alpha value is -0.570. The standard InChI is InChI=1S/C9H16N2O/c1-11-6-4-9(7-8(11)12)3-2-5-10-9/h10H,2-7H2,1H3. The maximum absolute atomic E-state index is 11.4. The minimum Gasteiger partial charge on any atom is -0.346 e. The molecule has 1 amide bonds. The van der Waals surface area contributed by atoms with Crippen molar-refractivity contribution in [2.75, 3.05) is 20.1 Å². The molecule has 3 heteroatoms. The van der Waals surface area contributed by atoms with Crippen LogP contribution in [-0.4, -0.2) is 36.5 Å². The zero-order valence-corrected chi connectivity index (χ0v) is 7.60. The molecule has 0 radical (unpaired) electrons. The molecule has 1 atom stereocenters. The van der Waals surface area contributed by atoms with Crippen LogP contribution in [0.3, 0.4) is 0 Å². The molecule has 1 unspecified atom stereocenters. The molecule has 2 rings (SSSR count). The van der Waals surface area contributed by atoms with Gasteiger partial charge in [-0.2, -0.15) is 0 Å². The Balaban J connectivity index is 2.06. The van der Waals surface area contributed by atoms with Crippen LogP contribution in [0.1, 0.15) is 25.7 Å². The lowest BCUT2D eigenvalue weighted by Gasteiger charge is -2.37. The summed E-state index contributed by atoms with van der Waals surface area (Å²) in [7, 11) is 1.89. The lowest BCUT2D eigenvalue weighted by atomic mass is 9.86. The van der Waals surface area contributed by atoms with Gasteiger partial charge in [-0.3, -0.25) is 4.79 Å². The SMILES string of the molecule is CN1CCC2(CCCN2)CC1=O. The second-order valence-corrected chi connectivity index (χ2v) is 4.05. The largest absolute Gasteiger partial charge is 0.346 e. The first-order valence-electron chi connectivity index (χ1n) is 4.71. The predicted molar refractivity (Wildman–Crippen MR) is 46.8 cm³/mol. The number of piperidine rings is 1. The van der Waals surface area contributed by atoms with Gasteiger partial charge in [0.2, 0.25) is 5.91 Å². The highest BCUT2D eigenvalue weighted by Crippen LogP contribution is 2.30. The first-order valence-corrected chi connectivity index (χ1v) is 4.71. The third-order valence-electron chi connectivity index (χ3n) is 3.17. The Morgan fingerprint density at radius 2 is 2.33 bits per heavy atom. The van der Waals surface area contributed by atoms with Crippen LogP contribution in [-0.2, 0) is 4.79 Å². The quantitative estimate of drug-likeness (QED) is 0.566. The number of likely N-dealkylation sites (tertiary alicyclic amines) is 1. The monoisotopic (exact) mass is 168 g/mol. The van der Waals surface area contributed by atoms with Crippen LogP contribution in [0.5, 0.6) is 0 Å².